The van der Waals surface area contributed by atoms with Crippen molar-refractivity contribution in [3.05, 3.63) is 199 Å². The molecule has 3 heterocycles. The Bertz CT molecular complexity index is 3420. The SMILES string of the molecule is [C-]#[N+]c1cccc(-n2c3ccccc3c3cccc(-n4c5ccccc5c5ccccc54)c32)c1-c1cccc(-n2c3ccccc3c3c([N+]#[C-])cccc32)c1. The minimum atomic E-state index is 0.576. The van der Waals surface area contributed by atoms with Crippen molar-refractivity contribution in [2.75, 3.05) is 0 Å². The molecule has 11 aromatic rings. The fourth-order valence-electron chi connectivity index (χ4n) is 8.89. The molecule has 0 atom stereocenters. The van der Waals surface area contributed by atoms with Crippen LogP contribution in [0.3, 0.4) is 0 Å². The van der Waals surface area contributed by atoms with Gasteiger partial charge in [-0.15, -0.1) is 0 Å². The third kappa shape index (κ3) is 4.33. The maximum absolute atomic E-state index is 8.45. The third-order valence-corrected chi connectivity index (χ3v) is 11.1. The predicted molar refractivity (Wildman–Crippen MR) is 227 cm³/mol. The summed E-state index contributed by atoms with van der Waals surface area (Å²) in [7, 11) is 0. The maximum atomic E-state index is 8.45. The van der Waals surface area contributed by atoms with E-state index in [0.717, 1.165) is 82.8 Å². The van der Waals surface area contributed by atoms with Gasteiger partial charge in [0.05, 0.1) is 46.4 Å². The minimum absolute atomic E-state index is 0.576. The smallest absolute Gasteiger partial charge is 0.197 e. The molecule has 0 aliphatic rings. The molecule has 0 radical (unpaired) electrons. The lowest BCUT2D eigenvalue weighted by atomic mass is 10.00. The first-order valence-electron chi connectivity index (χ1n) is 18.3. The van der Waals surface area contributed by atoms with Gasteiger partial charge in [0.15, 0.2) is 11.4 Å². The van der Waals surface area contributed by atoms with Crippen molar-refractivity contribution >= 4 is 76.8 Å². The molecule has 0 N–H and O–H groups in total. The Balaban J connectivity index is 1.23. The first-order chi connectivity index (χ1) is 27.2. The number of hydrogen-bond acceptors (Lipinski definition) is 0. The van der Waals surface area contributed by atoms with Crippen LogP contribution in [-0.4, -0.2) is 13.7 Å². The molecule has 5 nitrogen and oxygen atoms in total. The Kier molecular flexibility index (Phi) is 6.61. The van der Waals surface area contributed by atoms with Crippen LogP contribution >= 0.6 is 0 Å². The van der Waals surface area contributed by atoms with Crippen LogP contribution in [0.4, 0.5) is 11.4 Å². The van der Waals surface area contributed by atoms with Crippen LogP contribution in [0.5, 0.6) is 0 Å². The Labute approximate surface area is 316 Å². The first-order valence-corrected chi connectivity index (χ1v) is 18.3. The summed E-state index contributed by atoms with van der Waals surface area (Å²) in [6.45, 7) is 16.4. The zero-order chi connectivity index (χ0) is 36.6. The Morgan fingerprint density at radius 2 is 0.855 bits per heavy atom. The summed E-state index contributed by atoms with van der Waals surface area (Å²) in [5.41, 5.74) is 12.4. The van der Waals surface area contributed by atoms with Gasteiger partial charge in [-0.3, -0.25) is 0 Å². The molecule has 0 saturated carbocycles. The van der Waals surface area contributed by atoms with E-state index in [1.165, 1.54) is 10.8 Å². The van der Waals surface area contributed by atoms with Crippen LogP contribution in [0.1, 0.15) is 0 Å². The molecule has 3 aromatic heterocycles. The van der Waals surface area contributed by atoms with Crippen LogP contribution in [0.25, 0.3) is 103 Å². The van der Waals surface area contributed by atoms with E-state index in [4.69, 9.17) is 13.1 Å². The molecule has 0 saturated heterocycles. The summed E-state index contributed by atoms with van der Waals surface area (Å²) < 4.78 is 6.99. The topological polar surface area (TPSA) is 23.5 Å². The van der Waals surface area contributed by atoms with Gasteiger partial charge in [0.2, 0.25) is 0 Å². The van der Waals surface area contributed by atoms with E-state index in [2.05, 4.69) is 163 Å². The number of rotatable bonds is 4. The van der Waals surface area contributed by atoms with Gasteiger partial charge in [0.1, 0.15) is 0 Å². The summed E-state index contributed by atoms with van der Waals surface area (Å²) in [6.07, 6.45) is 0. The van der Waals surface area contributed by atoms with Gasteiger partial charge in [0.25, 0.3) is 0 Å². The normalized spacial score (nSPS) is 11.6. The van der Waals surface area contributed by atoms with Crippen molar-refractivity contribution < 1.29 is 0 Å². The van der Waals surface area contributed by atoms with Crippen LogP contribution < -0.4 is 0 Å². The molecule has 0 amide bonds. The van der Waals surface area contributed by atoms with E-state index >= 15 is 0 Å². The summed E-state index contributed by atoms with van der Waals surface area (Å²) in [6, 6.07) is 61.2. The summed E-state index contributed by atoms with van der Waals surface area (Å²) in [5.74, 6) is 0. The number of nitrogens with zero attached hydrogens (tertiary/aromatic N) is 5. The van der Waals surface area contributed by atoms with Gasteiger partial charge in [-0.25, -0.2) is 9.69 Å². The third-order valence-electron chi connectivity index (χ3n) is 11.1. The highest BCUT2D eigenvalue weighted by atomic mass is 15.1. The Morgan fingerprint density at radius 1 is 0.364 bits per heavy atom. The highest BCUT2D eigenvalue weighted by Gasteiger charge is 2.23. The fourth-order valence-corrected chi connectivity index (χ4v) is 8.89. The first kappa shape index (κ1) is 30.7. The molecule has 0 fully saturated rings. The number of benzene rings is 8. The van der Waals surface area contributed by atoms with Crippen molar-refractivity contribution in [2.24, 2.45) is 0 Å². The fraction of sp³-hybridized carbons (Fsp3) is 0. The van der Waals surface area contributed by atoms with Gasteiger partial charge >= 0.3 is 0 Å². The van der Waals surface area contributed by atoms with Crippen molar-refractivity contribution in [3.63, 3.8) is 0 Å². The molecule has 0 unspecified atom stereocenters. The highest BCUT2D eigenvalue weighted by molar-refractivity contribution is 6.17. The molecule has 55 heavy (non-hydrogen) atoms. The van der Waals surface area contributed by atoms with Crippen molar-refractivity contribution in [1.82, 2.24) is 13.7 Å². The lowest BCUT2D eigenvalue weighted by molar-refractivity contribution is 1.13. The number of aromatic nitrogens is 3. The van der Waals surface area contributed by atoms with E-state index in [1.54, 1.807) is 0 Å². The van der Waals surface area contributed by atoms with Crippen molar-refractivity contribution in [2.45, 2.75) is 0 Å². The molecular weight excluding hydrogens is 671 g/mol. The molecule has 0 bridgehead atoms. The predicted octanol–water partition coefficient (Wildman–Crippen LogP) is 13.7. The Morgan fingerprint density at radius 3 is 1.55 bits per heavy atom. The van der Waals surface area contributed by atoms with Crippen LogP contribution in [0, 0.1) is 13.1 Å². The lowest BCUT2D eigenvalue weighted by Gasteiger charge is -2.19. The van der Waals surface area contributed by atoms with Crippen LogP contribution in [0.2, 0.25) is 0 Å². The quantitative estimate of drug-likeness (QED) is 0.163. The summed E-state index contributed by atoms with van der Waals surface area (Å²) >= 11 is 0. The van der Waals surface area contributed by atoms with E-state index in [0.29, 0.717) is 11.4 Å². The largest absolute Gasteiger partial charge is 0.311 e. The van der Waals surface area contributed by atoms with Gasteiger partial charge in [-0.05, 0) is 65.5 Å². The number of para-hydroxylation sites is 5. The lowest BCUT2D eigenvalue weighted by Crippen LogP contribution is -2.02. The molecule has 254 valence electrons. The molecule has 5 heteroatoms. The second kappa shape index (κ2) is 11.8. The molecular formula is C50H29N5. The average Bonchev–Trinajstić information content (AvgIpc) is 3.89. The second-order valence-electron chi connectivity index (χ2n) is 13.9. The van der Waals surface area contributed by atoms with Gasteiger partial charge in [-0.2, -0.15) is 0 Å². The minimum Gasteiger partial charge on any atom is -0.311 e. The van der Waals surface area contributed by atoms with Crippen LogP contribution in [0.15, 0.2) is 176 Å². The molecule has 8 aromatic carbocycles. The number of fused-ring (bicyclic) bond motifs is 9. The van der Waals surface area contributed by atoms with Gasteiger partial charge in [-0.1, -0.05) is 121 Å². The van der Waals surface area contributed by atoms with Gasteiger partial charge in [0, 0.05) is 49.4 Å². The zero-order valence-corrected chi connectivity index (χ0v) is 29.5. The second-order valence-corrected chi connectivity index (χ2v) is 13.9. The van der Waals surface area contributed by atoms with E-state index in [9.17, 15) is 0 Å². The standard InChI is InChI=1S/C50H29N5/c1-51-39-22-13-28-45(48(39)32-15-11-16-33(31-32)53-44-27-10-6-20-38(44)49-40(52-2)23-14-29-46(49)53)55-43-26-9-5-19-36(43)37-21-12-30-47(50(37)55)54-41-24-7-3-17-34(41)35-18-4-8-25-42(35)54/h3-31H. The van der Waals surface area contributed by atoms with Gasteiger partial charge < -0.3 is 13.7 Å². The van der Waals surface area contributed by atoms with E-state index in [-0.39, 0.29) is 0 Å². The molecule has 0 spiro atoms. The van der Waals surface area contributed by atoms with Crippen LogP contribution in [-0.2, 0) is 0 Å². The molecule has 0 aliphatic heterocycles. The number of hydrogen-bond donors (Lipinski definition) is 0. The molecule has 0 aliphatic carbocycles. The molecule has 11 rings (SSSR count). The average molecular weight is 700 g/mol. The van der Waals surface area contributed by atoms with E-state index in [1.807, 2.05) is 36.4 Å². The Hall–Kier alpha value is -7.86. The monoisotopic (exact) mass is 699 g/mol. The maximum Gasteiger partial charge on any atom is 0.197 e. The van der Waals surface area contributed by atoms with Crippen molar-refractivity contribution in [1.29, 1.82) is 0 Å². The zero-order valence-electron chi connectivity index (χ0n) is 29.5. The highest BCUT2D eigenvalue weighted by Crippen LogP contribution is 2.45. The summed E-state index contributed by atoms with van der Waals surface area (Å²) in [4.78, 5) is 8.03. The van der Waals surface area contributed by atoms with Crippen molar-refractivity contribution in [3.8, 4) is 28.2 Å². The van der Waals surface area contributed by atoms with E-state index < -0.39 is 0 Å². The summed E-state index contributed by atoms with van der Waals surface area (Å²) in [5, 5.41) is 6.69.